The van der Waals surface area contributed by atoms with Gasteiger partial charge >= 0.3 is 0 Å². The van der Waals surface area contributed by atoms with Gasteiger partial charge in [0.05, 0.1) is 15.9 Å². The Balaban J connectivity index is 1.28. The normalized spacial score (nSPS) is 18.3. The van der Waals surface area contributed by atoms with E-state index in [0.29, 0.717) is 17.0 Å². The number of amides is 1. The number of aryl methyl sites for hydroxylation is 3. The van der Waals surface area contributed by atoms with Crippen molar-refractivity contribution in [2.24, 2.45) is 7.05 Å². The van der Waals surface area contributed by atoms with Crippen LogP contribution in [0.15, 0.2) is 35.2 Å². The summed E-state index contributed by atoms with van der Waals surface area (Å²) in [7, 11) is 2.41. The summed E-state index contributed by atoms with van der Waals surface area (Å²) in [6, 6.07) is 9.39. The zero-order chi connectivity index (χ0) is 27.6. The lowest BCUT2D eigenvalue weighted by molar-refractivity contribution is -0.121. The number of aromatic hydroxyl groups is 1. The molecule has 0 saturated heterocycles. The molecule has 206 valence electrons. The molecule has 0 radical (unpaired) electrons. The molecule has 10 heteroatoms. The van der Waals surface area contributed by atoms with Gasteiger partial charge < -0.3 is 19.9 Å². The fraction of sp³-hybridized carbons (Fsp3) is 0.500. The first kappa shape index (κ1) is 28.1. The third-order valence-corrected chi connectivity index (χ3v) is 9.06. The molecule has 1 saturated carbocycles. The predicted molar refractivity (Wildman–Crippen MR) is 149 cm³/mol. The Kier molecular flexibility index (Phi) is 8.44. The number of phenolic OH excluding ortho intramolecular Hbond substituents is 1. The molecule has 1 heterocycles. The lowest BCUT2D eigenvalue weighted by Gasteiger charge is -2.28. The number of aromatic nitrogens is 2. The van der Waals surface area contributed by atoms with Gasteiger partial charge in [0.2, 0.25) is 15.9 Å². The summed E-state index contributed by atoms with van der Waals surface area (Å²) in [6.45, 7) is 4.17. The van der Waals surface area contributed by atoms with E-state index in [1.165, 1.54) is 17.7 Å². The number of imidazole rings is 1. The largest absolute Gasteiger partial charge is 0.508 e. The fourth-order valence-corrected chi connectivity index (χ4v) is 7.09. The minimum atomic E-state index is -3.78. The van der Waals surface area contributed by atoms with Crippen LogP contribution >= 0.6 is 0 Å². The first-order valence-corrected chi connectivity index (χ1v) is 14.6. The summed E-state index contributed by atoms with van der Waals surface area (Å²) in [4.78, 5) is 19.8. The standard InChI is InChI=1S/C28H39N5O4S/c1-18-14-23(34)15-19(2)27(18)38(36,37)29-13-12-26(35)30-22-9-7-21(8-10-22)28-31-24-16-20(17-32(3)4)6-11-25(24)33(28)5/h6,11,14-16,21-22,29,34H,7-10,12-13,17H2,1-5H3,(H,30,35). The van der Waals surface area contributed by atoms with Crippen LogP contribution < -0.4 is 10.0 Å². The summed E-state index contributed by atoms with van der Waals surface area (Å²) in [5.41, 5.74) is 4.33. The molecule has 1 amide bonds. The van der Waals surface area contributed by atoms with Gasteiger partial charge in [-0.25, -0.2) is 18.1 Å². The topological polar surface area (TPSA) is 117 Å². The highest BCUT2D eigenvalue weighted by Crippen LogP contribution is 2.34. The van der Waals surface area contributed by atoms with Crippen molar-refractivity contribution in [1.29, 1.82) is 0 Å². The van der Waals surface area contributed by atoms with Crippen molar-refractivity contribution in [2.75, 3.05) is 20.6 Å². The SMILES string of the molecule is Cc1cc(O)cc(C)c1S(=O)(=O)NCCC(=O)NC1CCC(c2nc3cc(CN(C)C)ccc3n2C)CC1. The van der Waals surface area contributed by atoms with Crippen molar-refractivity contribution in [2.45, 2.75) is 69.4 Å². The number of rotatable bonds is 9. The molecule has 0 unspecified atom stereocenters. The highest BCUT2D eigenvalue weighted by atomic mass is 32.2. The molecule has 9 nitrogen and oxygen atoms in total. The van der Waals surface area contributed by atoms with Gasteiger partial charge in [0.1, 0.15) is 11.6 Å². The maximum atomic E-state index is 12.8. The van der Waals surface area contributed by atoms with Gasteiger partial charge in [-0.05, 0) is 94.6 Å². The average Bonchev–Trinajstić information content (AvgIpc) is 3.13. The Morgan fingerprint density at radius 3 is 2.39 bits per heavy atom. The third-order valence-electron chi connectivity index (χ3n) is 7.29. The van der Waals surface area contributed by atoms with Gasteiger partial charge in [-0.3, -0.25) is 4.79 Å². The second kappa shape index (κ2) is 11.4. The van der Waals surface area contributed by atoms with Crippen LogP contribution in [-0.4, -0.2) is 60.6 Å². The summed E-state index contributed by atoms with van der Waals surface area (Å²) in [6.07, 6.45) is 3.68. The molecule has 3 N–H and O–H groups in total. The molecule has 0 spiro atoms. The van der Waals surface area contributed by atoms with Crippen molar-refractivity contribution in [1.82, 2.24) is 24.5 Å². The van der Waals surface area contributed by atoms with Gasteiger partial charge in [0.15, 0.2) is 0 Å². The van der Waals surface area contributed by atoms with E-state index < -0.39 is 10.0 Å². The minimum absolute atomic E-state index is 0.0128. The number of hydrogen-bond donors (Lipinski definition) is 3. The van der Waals surface area contributed by atoms with Crippen LogP contribution in [0.3, 0.4) is 0 Å². The maximum Gasteiger partial charge on any atom is 0.241 e. The zero-order valence-electron chi connectivity index (χ0n) is 22.9. The Morgan fingerprint density at radius 1 is 1.11 bits per heavy atom. The number of carbonyl (C=O) groups is 1. The Hall–Kier alpha value is -2.95. The molecular weight excluding hydrogens is 502 g/mol. The van der Waals surface area contributed by atoms with Crippen LogP contribution in [0.4, 0.5) is 0 Å². The molecule has 1 aromatic heterocycles. The van der Waals surface area contributed by atoms with Crippen LogP contribution in [0.25, 0.3) is 11.0 Å². The molecule has 38 heavy (non-hydrogen) atoms. The van der Waals surface area contributed by atoms with Gasteiger partial charge in [-0.2, -0.15) is 0 Å². The van der Waals surface area contributed by atoms with E-state index in [1.807, 2.05) is 0 Å². The highest BCUT2D eigenvalue weighted by molar-refractivity contribution is 7.89. The number of nitrogens with zero attached hydrogens (tertiary/aromatic N) is 3. The second-order valence-electron chi connectivity index (χ2n) is 10.8. The summed E-state index contributed by atoms with van der Waals surface area (Å²) in [5, 5.41) is 12.8. The van der Waals surface area contributed by atoms with Gasteiger partial charge in [0, 0.05) is 38.5 Å². The van der Waals surface area contributed by atoms with E-state index in [1.54, 1.807) is 13.8 Å². The number of phenols is 1. The molecule has 4 rings (SSSR count). The van der Waals surface area contributed by atoms with Crippen LogP contribution in [0.2, 0.25) is 0 Å². The average molecular weight is 542 g/mol. The quantitative estimate of drug-likeness (QED) is 0.382. The van der Waals surface area contributed by atoms with Crippen molar-refractivity contribution < 1.29 is 18.3 Å². The summed E-state index contributed by atoms with van der Waals surface area (Å²) < 4.78 is 30.2. The van der Waals surface area contributed by atoms with Gasteiger partial charge in [-0.1, -0.05) is 6.07 Å². The van der Waals surface area contributed by atoms with E-state index >= 15 is 0 Å². The Bertz CT molecular complexity index is 1400. The Morgan fingerprint density at radius 2 is 1.76 bits per heavy atom. The first-order chi connectivity index (χ1) is 17.9. The van der Waals surface area contributed by atoms with Crippen LogP contribution in [-0.2, 0) is 28.4 Å². The molecule has 2 aromatic carbocycles. The second-order valence-corrected chi connectivity index (χ2v) is 12.5. The lowest BCUT2D eigenvalue weighted by atomic mass is 9.85. The van der Waals surface area contributed by atoms with Crippen LogP contribution in [0.5, 0.6) is 5.75 Å². The van der Waals surface area contributed by atoms with E-state index in [-0.39, 0.29) is 35.6 Å². The summed E-state index contributed by atoms with van der Waals surface area (Å²) >= 11 is 0. The van der Waals surface area contributed by atoms with Gasteiger partial charge in [-0.15, -0.1) is 0 Å². The Labute approximate surface area is 225 Å². The number of nitrogens with one attached hydrogen (secondary N) is 2. The monoisotopic (exact) mass is 541 g/mol. The maximum absolute atomic E-state index is 12.8. The molecule has 3 aromatic rings. The van der Waals surface area contributed by atoms with Crippen LogP contribution in [0, 0.1) is 13.8 Å². The van der Waals surface area contributed by atoms with Crippen molar-refractivity contribution in [3.63, 3.8) is 0 Å². The summed E-state index contributed by atoms with van der Waals surface area (Å²) in [5.74, 6) is 1.31. The van der Waals surface area contributed by atoms with E-state index in [9.17, 15) is 18.3 Å². The van der Waals surface area contributed by atoms with E-state index in [2.05, 4.69) is 58.8 Å². The number of fused-ring (bicyclic) bond motifs is 1. The highest BCUT2D eigenvalue weighted by Gasteiger charge is 2.27. The zero-order valence-corrected chi connectivity index (χ0v) is 23.7. The number of benzene rings is 2. The minimum Gasteiger partial charge on any atom is -0.508 e. The van der Waals surface area contributed by atoms with Crippen molar-refractivity contribution in [3.05, 3.63) is 52.8 Å². The number of hydrogen-bond acceptors (Lipinski definition) is 6. The molecule has 0 atom stereocenters. The van der Waals surface area contributed by atoms with Crippen molar-refractivity contribution >= 4 is 27.0 Å². The molecule has 0 aliphatic heterocycles. The van der Waals surface area contributed by atoms with Gasteiger partial charge in [0.25, 0.3) is 0 Å². The number of sulfonamides is 1. The molecule has 1 fully saturated rings. The van der Waals surface area contributed by atoms with E-state index in [4.69, 9.17) is 4.98 Å². The molecule has 1 aliphatic rings. The first-order valence-electron chi connectivity index (χ1n) is 13.1. The predicted octanol–water partition coefficient (Wildman–Crippen LogP) is 3.47. The molecule has 0 bridgehead atoms. The lowest BCUT2D eigenvalue weighted by Crippen LogP contribution is -2.39. The van der Waals surface area contributed by atoms with Crippen molar-refractivity contribution in [3.8, 4) is 5.75 Å². The fourth-order valence-electron chi connectivity index (χ4n) is 5.61. The molecule has 1 aliphatic carbocycles. The molecular formula is C28H39N5O4S. The number of carbonyl (C=O) groups excluding carboxylic acids is 1. The smallest absolute Gasteiger partial charge is 0.241 e. The van der Waals surface area contributed by atoms with E-state index in [0.717, 1.165) is 49.1 Å². The van der Waals surface area contributed by atoms with Crippen LogP contribution in [0.1, 0.15) is 60.5 Å². The third kappa shape index (κ3) is 6.36.